The zero-order valence-electron chi connectivity index (χ0n) is 9.87. The summed E-state index contributed by atoms with van der Waals surface area (Å²) in [7, 11) is 0. The third-order valence-electron chi connectivity index (χ3n) is 3.17. The molecule has 2 fully saturated rings. The molecule has 2 saturated heterocycles. The third kappa shape index (κ3) is 2.93. The lowest BCUT2D eigenvalue weighted by Crippen LogP contribution is -2.59. The van der Waals surface area contributed by atoms with Crippen LogP contribution in [-0.2, 0) is 9.53 Å². The van der Waals surface area contributed by atoms with Crippen molar-refractivity contribution in [3.05, 3.63) is 0 Å². The number of piperazine rings is 1. The first-order chi connectivity index (χ1) is 7.77. The highest BCUT2D eigenvalue weighted by molar-refractivity contribution is 5.82. The Hall–Kier alpha value is -0.650. The quantitative estimate of drug-likeness (QED) is 0.615. The van der Waals surface area contributed by atoms with Gasteiger partial charge in [-0.3, -0.25) is 4.79 Å². The maximum atomic E-state index is 12.2. The van der Waals surface area contributed by atoms with E-state index in [-0.39, 0.29) is 11.9 Å². The second kappa shape index (κ2) is 5.61. The summed E-state index contributed by atoms with van der Waals surface area (Å²) in [6.07, 6.45) is 0.947. The Morgan fingerprint density at radius 3 is 2.88 bits per heavy atom. The lowest BCUT2D eigenvalue weighted by Gasteiger charge is -2.32. The zero-order valence-corrected chi connectivity index (χ0v) is 9.87. The van der Waals surface area contributed by atoms with Crippen LogP contribution in [0.3, 0.4) is 0 Å². The van der Waals surface area contributed by atoms with Gasteiger partial charge in [0, 0.05) is 38.8 Å². The number of nitrogens with zero attached hydrogens (tertiary/aromatic N) is 1. The van der Waals surface area contributed by atoms with Gasteiger partial charge in [0.15, 0.2) is 0 Å². The first-order valence-corrected chi connectivity index (χ1v) is 6.10. The summed E-state index contributed by atoms with van der Waals surface area (Å²) in [5, 5.41) is 6.62. The Bertz CT molecular complexity index is 231. The van der Waals surface area contributed by atoms with Gasteiger partial charge < -0.3 is 20.3 Å². The van der Waals surface area contributed by atoms with E-state index < -0.39 is 0 Å². The van der Waals surface area contributed by atoms with E-state index in [9.17, 15) is 4.79 Å². The van der Waals surface area contributed by atoms with Gasteiger partial charge in [0.25, 0.3) is 0 Å². The molecule has 16 heavy (non-hydrogen) atoms. The molecule has 1 amide bonds. The predicted octanol–water partition coefficient (Wildman–Crippen LogP) is -0.815. The van der Waals surface area contributed by atoms with E-state index in [1.807, 2.05) is 4.90 Å². The number of ether oxygens (including phenoxy) is 1. The molecule has 0 radical (unpaired) electrons. The van der Waals surface area contributed by atoms with Crippen molar-refractivity contribution < 1.29 is 9.53 Å². The summed E-state index contributed by atoms with van der Waals surface area (Å²) in [6.45, 7) is 6.71. The van der Waals surface area contributed by atoms with Crippen molar-refractivity contribution in [3.63, 3.8) is 0 Å². The summed E-state index contributed by atoms with van der Waals surface area (Å²) >= 11 is 0. The van der Waals surface area contributed by atoms with Crippen LogP contribution in [-0.4, -0.2) is 62.3 Å². The molecule has 2 N–H and O–H groups in total. The molecule has 92 valence electrons. The Morgan fingerprint density at radius 2 is 2.12 bits per heavy atom. The van der Waals surface area contributed by atoms with Gasteiger partial charge in [-0.2, -0.15) is 0 Å². The van der Waals surface area contributed by atoms with Gasteiger partial charge in [-0.15, -0.1) is 0 Å². The zero-order chi connectivity index (χ0) is 11.4. The normalized spacial score (nSPS) is 32.2. The smallest absolute Gasteiger partial charge is 0.241 e. The van der Waals surface area contributed by atoms with Gasteiger partial charge >= 0.3 is 0 Å². The second-order valence-corrected chi connectivity index (χ2v) is 4.56. The molecule has 0 saturated carbocycles. The highest BCUT2D eigenvalue weighted by atomic mass is 16.5. The molecule has 2 atom stereocenters. The molecule has 0 aromatic carbocycles. The molecule has 2 aliphatic rings. The van der Waals surface area contributed by atoms with Gasteiger partial charge in [0.2, 0.25) is 5.91 Å². The van der Waals surface area contributed by atoms with Crippen LogP contribution in [0.25, 0.3) is 0 Å². The minimum atomic E-state index is -0.0608. The Balaban J connectivity index is 1.85. The first-order valence-electron chi connectivity index (χ1n) is 6.10. The van der Waals surface area contributed by atoms with E-state index >= 15 is 0 Å². The molecule has 5 nitrogen and oxygen atoms in total. The predicted molar refractivity (Wildman–Crippen MR) is 61.3 cm³/mol. The van der Waals surface area contributed by atoms with Crippen LogP contribution in [0.4, 0.5) is 0 Å². The van der Waals surface area contributed by atoms with Gasteiger partial charge in [0.1, 0.15) is 0 Å². The molecule has 0 aromatic heterocycles. The molecular weight excluding hydrogens is 206 g/mol. The monoisotopic (exact) mass is 227 g/mol. The molecule has 0 aliphatic carbocycles. The van der Waals surface area contributed by atoms with Gasteiger partial charge in [-0.1, -0.05) is 0 Å². The molecule has 2 aliphatic heterocycles. The Morgan fingerprint density at radius 1 is 1.25 bits per heavy atom. The topological polar surface area (TPSA) is 53.6 Å². The van der Waals surface area contributed by atoms with Crippen molar-refractivity contribution in [3.8, 4) is 0 Å². The molecule has 0 bridgehead atoms. The number of hydrogen-bond donors (Lipinski definition) is 2. The maximum absolute atomic E-state index is 12.2. The van der Waals surface area contributed by atoms with Crippen LogP contribution >= 0.6 is 0 Å². The first kappa shape index (κ1) is 11.8. The molecule has 0 spiro atoms. The number of nitrogens with one attached hydrogen (secondary N) is 2. The summed E-state index contributed by atoms with van der Waals surface area (Å²) in [4.78, 5) is 14.1. The van der Waals surface area contributed by atoms with Crippen molar-refractivity contribution in [1.82, 2.24) is 15.5 Å². The molecule has 2 rings (SSSR count). The van der Waals surface area contributed by atoms with E-state index in [4.69, 9.17) is 4.74 Å². The third-order valence-corrected chi connectivity index (χ3v) is 3.17. The van der Waals surface area contributed by atoms with Gasteiger partial charge in [0.05, 0.1) is 12.6 Å². The summed E-state index contributed by atoms with van der Waals surface area (Å²) in [5.74, 6) is 0.213. The SMILES string of the molecule is CC1CNC(C(=O)N2CCCOCC2)CN1. The maximum Gasteiger partial charge on any atom is 0.241 e. The van der Waals surface area contributed by atoms with Crippen molar-refractivity contribution >= 4 is 5.91 Å². The number of carbonyl (C=O) groups is 1. The lowest BCUT2D eigenvalue weighted by molar-refractivity contribution is -0.133. The molecule has 0 aromatic rings. The van der Waals surface area contributed by atoms with E-state index in [0.29, 0.717) is 12.6 Å². The van der Waals surface area contributed by atoms with Crippen LogP contribution in [0.15, 0.2) is 0 Å². The molecule has 2 heterocycles. The molecule has 5 heteroatoms. The lowest BCUT2D eigenvalue weighted by atomic mass is 10.1. The molecule has 2 unspecified atom stereocenters. The van der Waals surface area contributed by atoms with Crippen molar-refractivity contribution in [2.24, 2.45) is 0 Å². The van der Waals surface area contributed by atoms with Crippen LogP contribution in [0, 0.1) is 0 Å². The number of hydrogen-bond acceptors (Lipinski definition) is 4. The minimum Gasteiger partial charge on any atom is -0.380 e. The second-order valence-electron chi connectivity index (χ2n) is 4.56. The highest BCUT2D eigenvalue weighted by Gasteiger charge is 2.27. The van der Waals surface area contributed by atoms with E-state index in [0.717, 1.165) is 39.2 Å². The Labute approximate surface area is 96.5 Å². The fourth-order valence-electron chi connectivity index (χ4n) is 2.14. The fraction of sp³-hybridized carbons (Fsp3) is 0.909. The average molecular weight is 227 g/mol. The fourth-order valence-corrected chi connectivity index (χ4v) is 2.14. The number of carbonyl (C=O) groups excluding carboxylic acids is 1. The average Bonchev–Trinajstić information content (AvgIpc) is 2.57. The van der Waals surface area contributed by atoms with Crippen LogP contribution in [0.5, 0.6) is 0 Å². The number of rotatable bonds is 1. The minimum absolute atomic E-state index is 0.0608. The summed E-state index contributed by atoms with van der Waals surface area (Å²) < 4.78 is 5.35. The molecular formula is C11H21N3O2. The van der Waals surface area contributed by atoms with Gasteiger partial charge in [-0.05, 0) is 13.3 Å². The largest absolute Gasteiger partial charge is 0.380 e. The van der Waals surface area contributed by atoms with Crippen LogP contribution in [0.1, 0.15) is 13.3 Å². The standard InChI is InChI=1S/C11H21N3O2/c1-9-7-13-10(8-12-9)11(15)14-3-2-5-16-6-4-14/h9-10,12-13H,2-8H2,1H3. The summed E-state index contributed by atoms with van der Waals surface area (Å²) in [5.41, 5.74) is 0. The van der Waals surface area contributed by atoms with E-state index in [2.05, 4.69) is 17.6 Å². The number of amides is 1. The van der Waals surface area contributed by atoms with Crippen LogP contribution in [0.2, 0.25) is 0 Å². The highest BCUT2D eigenvalue weighted by Crippen LogP contribution is 2.04. The van der Waals surface area contributed by atoms with Crippen molar-refractivity contribution in [2.45, 2.75) is 25.4 Å². The van der Waals surface area contributed by atoms with E-state index in [1.165, 1.54) is 0 Å². The van der Waals surface area contributed by atoms with E-state index in [1.54, 1.807) is 0 Å². The van der Waals surface area contributed by atoms with Crippen molar-refractivity contribution in [1.29, 1.82) is 0 Å². The van der Waals surface area contributed by atoms with Crippen molar-refractivity contribution in [2.75, 3.05) is 39.4 Å². The Kier molecular flexibility index (Phi) is 4.15. The van der Waals surface area contributed by atoms with Gasteiger partial charge in [-0.25, -0.2) is 0 Å². The van der Waals surface area contributed by atoms with Crippen LogP contribution < -0.4 is 10.6 Å². The summed E-state index contributed by atoms with van der Waals surface area (Å²) in [6, 6.07) is 0.394.